The Bertz CT molecular complexity index is 201. The lowest BCUT2D eigenvalue weighted by Crippen LogP contribution is -2.09. The molecule has 1 rings (SSSR count). The van der Waals surface area contributed by atoms with E-state index in [4.69, 9.17) is 0 Å². The van der Waals surface area contributed by atoms with Crippen molar-refractivity contribution in [3.63, 3.8) is 0 Å². The fourth-order valence-electron chi connectivity index (χ4n) is 0.725. The van der Waals surface area contributed by atoms with Crippen LogP contribution in [0.3, 0.4) is 0 Å². The van der Waals surface area contributed by atoms with Crippen molar-refractivity contribution in [3.8, 4) is 0 Å². The zero-order valence-corrected chi connectivity index (χ0v) is 6.63. The molecule has 0 aliphatic carbocycles. The first-order valence-corrected chi connectivity index (χ1v) is 3.30. The molecule has 0 radical (unpaired) electrons. The highest BCUT2D eigenvalue weighted by molar-refractivity contribution is 5.36. The zero-order chi connectivity index (χ0) is 7.56. The van der Waals surface area contributed by atoms with Gasteiger partial charge in [-0.25, -0.2) is 4.98 Å². The summed E-state index contributed by atoms with van der Waals surface area (Å²) in [6.45, 7) is 2.03. The highest BCUT2D eigenvalue weighted by atomic mass is 15.1. The molecule has 54 valence electrons. The molecule has 0 atom stereocenters. The molecule has 0 bridgehead atoms. The van der Waals surface area contributed by atoms with Gasteiger partial charge in [0.05, 0.1) is 0 Å². The first-order chi connectivity index (χ1) is 4.70. The molecule has 1 aromatic heterocycles. The smallest absolute Gasteiger partial charge is 0.127 e. The molecule has 0 aliphatic rings. The largest absolute Gasteiger partial charge is 0.363 e. The van der Waals surface area contributed by atoms with Gasteiger partial charge < -0.3 is 4.90 Å². The average molecular weight is 136 g/mol. The zero-order valence-electron chi connectivity index (χ0n) is 6.63. The molecule has 10 heavy (non-hydrogen) atoms. The van der Waals surface area contributed by atoms with Crippen molar-refractivity contribution >= 4 is 5.82 Å². The minimum Gasteiger partial charge on any atom is -0.363 e. The van der Waals surface area contributed by atoms with Crippen molar-refractivity contribution in [3.05, 3.63) is 23.9 Å². The quantitative estimate of drug-likeness (QED) is 0.581. The summed E-state index contributed by atoms with van der Waals surface area (Å²) in [6.07, 6.45) is 1.87. The van der Waals surface area contributed by atoms with Crippen molar-refractivity contribution in [1.29, 1.82) is 0 Å². The maximum absolute atomic E-state index is 4.20. The van der Waals surface area contributed by atoms with Crippen LogP contribution in [0.4, 0.5) is 5.82 Å². The van der Waals surface area contributed by atoms with Crippen molar-refractivity contribution in [2.45, 2.75) is 6.92 Å². The second-order valence-corrected chi connectivity index (χ2v) is 2.59. The van der Waals surface area contributed by atoms with Gasteiger partial charge in [-0.1, -0.05) is 6.07 Å². The molecule has 0 unspecified atom stereocenters. The summed E-state index contributed by atoms with van der Waals surface area (Å²) < 4.78 is 0. The molecule has 0 aliphatic heterocycles. The molecule has 1 heterocycles. The summed E-state index contributed by atoms with van der Waals surface area (Å²) in [7, 11) is 3.97. The number of hydrogen-bond donors (Lipinski definition) is 0. The van der Waals surface area contributed by atoms with Gasteiger partial charge in [-0.3, -0.25) is 0 Å². The van der Waals surface area contributed by atoms with Gasteiger partial charge in [0.15, 0.2) is 0 Å². The number of aromatic nitrogens is 1. The van der Waals surface area contributed by atoms with Crippen molar-refractivity contribution in [2.75, 3.05) is 19.0 Å². The van der Waals surface area contributed by atoms with Gasteiger partial charge in [0.1, 0.15) is 5.82 Å². The summed E-state index contributed by atoms with van der Waals surface area (Å²) in [6, 6.07) is 4.07. The fourth-order valence-corrected chi connectivity index (χ4v) is 0.725. The van der Waals surface area contributed by atoms with Gasteiger partial charge in [0.2, 0.25) is 0 Å². The van der Waals surface area contributed by atoms with E-state index in [-0.39, 0.29) is 0 Å². The number of nitrogens with zero attached hydrogens (tertiary/aromatic N) is 2. The third kappa shape index (κ3) is 1.47. The van der Waals surface area contributed by atoms with E-state index in [0.717, 1.165) is 5.82 Å². The van der Waals surface area contributed by atoms with E-state index >= 15 is 0 Å². The molecule has 0 aromatic carbocycles. The van der Waals surface area contributed by atoms with Crippen LogP contribution in [0.5, 0.6) is 0 Å². The minimum atomic E-state index is 1.01. The van der Waals surface area contributed by atoms with Crippen LogP contribution in [-0.2, 0) is 0 Å². The topological polar surface area (TPSA) is 16.1 Å². The van der Waals surface area contributed by atoms with Gasteiger partial charge in [-0.15, -0.1) is 0 Å². The summed E-state index contributed by atoms with van der Waals surface area (Å²) in [5.41, 5.74) is 1.20. The molecule has 2 heteroatoms. The molecule has 0 spiro atoms. The Morgan fingerprint density at radius 2 is 2.00 bits per heavy atom. The Morgan fingerprint density at radius 3 is 2.40 bits per heavy atom. The second-order valence-electron chi connectivity index (χ2n) is 2.59. The summed E-state index contributed by atoms with van der Waals surface area (Å²) in [4.78, 5) is 6.19. The Labute approximate surface area is 61.5 Å². The summed E-state index contributed by atoms with van der Waals surface area (Å²) >= 11 is 0. The number of hydrogen-bond acceptors (Lipinski definition) is 2. The van der Waals surface area contributed by atoms with Gasteiger partial charge in [0.25, 0.3) is 0 Å². The molecule has 0 saturated carbocycles. The Kier molecular flexibility index (Phi) is 1.90. The maximum atomic E-state index is 4.20. The average Bonchev–Trinajstić information content (AvgIpc) is 1.88. The van der Waals surface area contributed by atoms with E-state index in [0.29, 0.717) is 0 Å². The summed E-state index contributed by atoms with van der Waals surface area (Å²) in [5.74, 6) is 1.01. The maximum Gasteiger partial charge on any atom is 0.127 e. The van der Waals surface area contributed by atoms with Crippen LogP contribution in [0.25, 0.3) is 0 Å². The first-order valence-electron chi connectivity index (χ1n) is 3.30. The Morgan fingerprint density at radius 1 is 1.30 bits per heavy atom. The lowest BCUT2D eigenvalue weighted by atomic mass is 10.3. The number of aryl methyl sites for hydroxylation is 1. The van der Waals surface area contributed by atoms with Crippen LogP contribution in [0.1, 0.15) is 5.56 Å². The number of rotatable bonds is 1. The third-order valence-corrected chi connectivity index (χ3v) is 1.35. The molecular formula is C8H12N2. The SMILES string of the molecule is Cc1ccc(N(C)C)nc1. The van der Waals surface area contributed by atoms with Gasteiger partial charge in [0, 0.05) is 20.3 Å². The van der Waals surface area contributed by atoms with Crippen molar-refractivity contribution in [1.82, 2.24) is 4.98 Å². The van der Waals surface area contributed by atoms with Crippen molar-refractivity contribution in [2.24, 2.45) is 0 Å². The predicted octanol–water partition coefficient (Wildman–Crippen LogP) is 1.46. The second kappa shape index (κ2) is 2.69. The third-order valence-electron chi connectivity index (χ3n) is 1.35. The standard InChI is InChI=1S/C8H12N2/c1-7-4-5-8(9-6-7)10(2)3/h4-6H,1-3H3. The minimum absolute atomic E-state index is 1.01. The van der Waals surface area contributed by atoms with Crippen LogP contribution in [0, 0.1) is 6.92 Å². The molecular weight excluding hydrogens is 124 g/mol. The van der Waals surface area contributed by atoms with E-state index in [1.165, 1.54) is 5.56 Å². The van der Waals surface area contributed by atoms with E-state index in [2.05, 4.69) is 11.1 Å². The van der Waals surface area contributed by atoms with Crippen LogP contribution >= 0.6 is 0 Å². The Hall–Kier alpha value is -1.05. The van der Waals surface area contributed by atoms with E-state index < -0.39 is 0 Å². The van der Waals surface area contributed by atoms with Crippen LogP contribution < -0.4 is 4.90 Å². The summed E-state index contributed by atoms with van der Waals surface area (Å²) in [5, 5.41) is 0. The van der Waals surface area contributed by atoms with Crippen LogP contribution in [0.2, 0.25) is 0 Å². The first kappa shape index (κ1) is 7.06. The lowest BCUT2D eigenvalue weighted by Gasteiger charge is -2.09. The highest BCUT2D eigenvalue weighted by Gasteiger charge is 1.92. The molecule has 0 saturated heterocycles. The molecule has 1 aromatic rings. The highest BCUT2D eigenvalue weighted by Crippen LogP contribution is 2.05. The molecule has 0 N–H and O–H groups in total. The number of pyridine rings is 1. The van der Waals surface area contributed by atoms with Crippen LogP contribution in [-0.4, -0.2) is 19.1 Å². The van der Waals surface area contributed by atoms with E-state index in [1.807, 2.05) is 38.2 Å². The molecule has 0 fully saturated rings. The van der Waals surface area contributed by atoms with Gasteiger partial charge >= 0.3 is 0 Å². The van der Waals surface area contributed by atoms with E-state index in [1.54, 1.807) is 0 Å². The fraction of sp³-hybridized carbons (Fsp3) is 0.375. The van der Waals surface area contributed by atoms with Gasteiger partial charge in [-0.2, -0.15) is 0 Å². The molecule has 2 nitrogen and oxygen atoms in total. The lowest BCUT2D eigenvalue weighted by molar-refractivity contribution is 1.06. The monoisotopic (exact) mass is 136 g/mol. The van der Waals surface area contributed by atoms with Crippen molar-refractivity contribution < 1.29 is 0 Å². The van der Waals surface area contributed by atoms with Crippen LogP contribution in [0.15, 0.2) is 18.3 Å². The number of anilines is 1. The normalized spacial score (nSPS) is 9.50. The Balaban J connectivity index is 2.89. The van der Waals surface area contributed by atoms with Gasteiger partial charge in [-0.05, 0) is 18.6 Å². The van der Waals surface area contributed by atoms with E-state index in [9.17, 15) is 0 Å². The predicted molar refractivity (Wildman–Crippen MR) is 43.3 cm³/mol. The molecule has 0 amide bonds.